The Morgan fingerprint density at radius 3 is 2.79 bits per heavy atom. The van der Waals surface area contributed by atoms with E-state index in [-0.39, 0.29) is 23.3 Å². The van der Waals surface area contributed by atoms with Crippen molar-refractivity contribution in [2.45, 2.75) is 6.42 Å². The highest BCUT2D eigenvalue weighted by Crippen LogP contribution is 2.34. The zero-order chi connectivity index (χ0) is 20.6. The van der Waals surface area contributed by atoms with Crippen LogP contribution in [0.3, 0.4) is 0 Å². The number of nitrogens with one attached hydrogen (secondary N) is 2. The summed E-state index contributed by atoms with van der Waals surface area (Å²) in [5.41, 5.74) is 6.00. The lowest BCUT2D eigenvalue weighted by molar-refractivity contribution is -0.383. The van der Waals surface area contributed by atoms with Crippen molar-refractivity contribution in [1.82, 2.24) is 14.9 Å². The van der Waals surface area contributed by atoms with E-state index >= 15 is 0 Å². The Morgan fingerprint density at radius 1 is 1.31 bits per heavy atom. The minimum Gasteiger partial charge on any atom is -0.495 e. The normalized spacial score (nSPS) is 14.4. The molecular weight excluding hydrogens is 378 g/mol. The van der Waals surface area contributed by atoms with E-state index in [0.29, 0.717) is 18.0 Å². The SMILES string of the molecule is COc1ccccc1Nc1nc(NCCCN2CCOCC2)nc(N)c1[N+](=O)[O-]. The summed E-state index contributed by atoms with van der Waals surface area (Å²) in [6, 6.07) is 7.06. The van der Waals surface area contributed by atoms with Gasteiger partial charge >= 0.3 is 5.69 Å². The fraction of sp³-hybridized carbons (Fsp3) is 0.444. The molecule has 11 heteroatoms. The number of morpholine rings is 1. The van der Waals surface area contributed by atoms with Gasteiger partial charge in [0.1, 0.15) is 5.75 Å². The summed E-state index contributed by atoms with van der Waals surface area (Å²) < 4.78 is 10.6. The maximum atomic E-state index is 11.5. The molecule has 0 bridgehead atoms. The molecule has 1 aromatic carbocycles. The van der Waals surface area contributed by atoms with Crippen LogP contribution in [-0.4, -0.2) is 66.3 Å². The molecule has 1 aliphatic rings. The summed E-state index contributed by atoms with van der Waals surface area (Å²) in [6.45, 7) is 4.90. The zero-order valence-corrected chi connectivity index (χ0v) is 16.3. The van der Waals surface area contributed by atoms with E-state index in [1.165, 1.54) is 7.11 Å². The minimum atomic E-state index is -0.602. The lowest BCUT2D eigenvalue weighted by Crippen LogP contribution is -2.37. The van der Waals surface area contributed by atoms with E-state index in [2.05, 4.69) is 25.5 Å². The number of hydrogen-bond donors (Lipinski definition) is 3. The van der Waals surface area contributed by atoms with Crippen molar-refractivity contribution in [2.75, 3.05) is 62.9 Å². The van der Waals surface area contributed by atoms with Gasteiger partial charge in [-0.3, -0.25) is 15.0 Å². The lowest BCUT2D eigenvalue weighted by atomic mass is 10.3. The number of benzene rings is 1. The van der Waals surface area contributed by atoms with Crippen molar-refractivity contribution in [3.8, 4) is 5.75 Å². The second-order valence-corrected chi connectivity index (χ2v) is 6.45. The molecule has 29 heavy (non-hydrogen) atoms. The van der Waals surface area contributed by atoms with E-state index in [1.807, 2.05) is 0 Å². The van der Waals surface area contributed by atoms with Crippen molar-refractivity contribution in [2.24, 2.45) is 0 Å². The molecule has 2 aromatic rings. The Labute approximate surface area is 168 Å². The highest BCUT2D eigenvalue weighted by molar-refractivity contribution is 5.76. The highest BCUT2D eigenvalue weighted by atomic mass is 16.6. The molecule has 0 spiro atoms. The van der Waals surface area contributed by atoms with Crippen LogP contribution in [0.25, 0.3) is 0 Å². The molecule has 1 aromatic heterocycles. The van der Waals surface area contributed by atoms with Gasteiger partial charge in [0, 0.05) is 19.6 Å². The van der Waals surface area contributed by atoms with Crippen molar-refractivity contribution in [1.29, 1.82) is 0 Å². The number of nitrogen functional groups attached to an aromatic ring is 1. The molecule has 156 valence electrons. The van der Waals surface area contributed by atoms with Crippen LogP contribution in [0.2, 0.25) is 0 Å². The van der Waals surface area contributed by atoms with Crippen LogP contribution in [0.1, 0.15) is 6.42 Å². The van der Waals surface area contributed by atoms with Crippen molar-refractivity contribution in [3.63, 3.8) is 0 Å². The van der Waals surface area contributed by atoms with Crippen LogP contribution in [-0.2, 0) is 4.74 Å². The number of aromatic nitrogens is 2. The van der Waals surface area contributed by atoms with Crippen LogP contribution in [0.4, 0.5) is 29.0 Å². The fourth-order valence-corrected chi connectivity index (χ4v) is 3.02. The Bertz CT molecular complexity index is 843. The molecule has 1 fully saturated rings. The third-order valence-electron chi connectivity index (χ3n) is 4.49. The van der Waals surface area contributed by atoms with Gasteiger partial charge < -0.3 is 25.8 Å². The Morgan fingerprint density at radius 2 is 2.07 bits per heavy atom. The van der Waals surface area contributed by atoms with Gasteiger partial charge in [-0.15, -0.1) is 0 Å². The summed E-state index contributed by atoms with van der Waals surface area (Å²) in [6.07, 6.45) is 0.871. The second kappa shape index (κ2) is 9.85. The van der Waals surface area contributed by atoms with Crippen LogP contribution in [0.5, 0.6) is 5.75 Å². The molecule has 11 nitrogen and oxygen atoms in total. The maximum Gasteiger partial charge on any atom is 0.353 e. The zero-order valence-electron chi connectivity index (χ0n) is 16.3. The number of nitrogens with zero attached hydrogens (tertiary/aromatic N) is 4. The molecule has 0 amide bonds. The third-order valence-corrected chi connectivity index (χ3v) is 4.49. The summed E-state index contributed by atoms with van der Waals surface area (Å²) >= 11 is 0. The number of nitro groups is 1. The predicted molar refractivity (Wildman–Crippen MR) is 110 cm³/mol. The number of ether oxygens (including phenoxy) is 2. The predicted octanol–water partition coefficient (Wildman–Crippen LogP) is 1.85. The molecule has 2 heterocycles. The maximum absolute atomic E-state index is 11.5. The number of methoxy groups -OCH3 is 1. The first-order chi connectivity index (χ1) is 14.1. The topological polar surface area (TPSA) is 141 Å². The largest absolute Gasteiger partial charge is 0.495 e. The van der Waals surface area contributed by atoms with E-state index in [0.717, 1.165) is 39.3 Å². The smallest absolute Gasteiger partial charge is 0.353 e. The Hall–Kier alpha value is -3.18. The first-order valence-corrected chi connectivity index (χ1v) is 9.34. The molecule has 0 atom stereocenters. The average molecular weight is 403 g/mol. The molecule has 0 saturated carbocycles. The van der Waals surface area contributed by atoms with Gasteiger partial charge in [0.25, 0.3) is 0 Å². The first kappa shape index (κ1) is 20.6. The van der Waals surface area contributed by atoms with Crippen LogP contribution < -0.4 is 21.1 Å². The minimum absolute atomic E-state index is 0.00248. The molecule has 3 rings (SSSR count). The molecule has 0 aliphatic carbocycles. The number of hydrogen-bond acceptors (Lipinski definition) is 10. The van der Waals surface area contributed by atoms with Gasteiger partial charge in [0.2, 0.25) is 17.6 Å². The average Bonchev–Trinajstić information content (AvgIpc) is 2.72. The quantitative estimate of drug-likeness (QED) is 0.323. The standard InChI is InChI=1S/C18H25N7O4/c1-28-14-6-3-2-5-13(14)21-17-15(25(26)27)16(19)22-18(23-17)20-7-4-8-24-9-11-29-12-10-24/h2-3,5-6H,4,7-12H2,1H3,(H4,19,20,21,22,23). The van der Waals surface area contributed by atoms with Gasteiger partial charge in [0.15, 0.2) is 0 Å². The number of nitrogens with two attached hydrogens (primary N) is 1. The lowest BCUT2D eigenvalue weighted by Gasteiger charge is -2.26. The first-order valence-electron chi connectivity index (χ1n) is 9.34. The molecule has 0 unspecified atom stereocenters. The van der Waals surface area contributed by atoms with E-state index < -0.39 is 4.92 Å². The molecule has 4 N–H and O–H groups in total. The number of para-hydroxylation sites is 2. The molecule has 0 radical (unpaired) electrons. The molecule has 1 aliphatic heterocycles. The fourth-order valence-electron chi connectivity index (χ4n) is 3.02. The second-order valence-electron chi connectivity index (χ2n) is 6.45. The van der Waals surface area contributed by atoms with Gasteiger partial charge in [-0.05, 0) is 25.1 Å². The van der Waals surface area contributed by atoms with Gasteiger partial charge in [-0.2, -0.15) is 9.97 Å². The summed E-state index contributed by atoms with van der Waals surface area (Å²) in [4.78, 5) is 21.5. The van der Waals surface area contributed by atoms with E-state index in [1.54, 1.807) is 24.3 Å². The summed E-state index contributed by atoms with van der Waals surface area (Å²) in [7, 11) is 1.52. The van der Waals surface area contributed by atoms with Crippen molar-refractivity contribution < 1.29 is 14.4 Å². The van der Waals surface area contributed by atoms with E-state index in [9.17, 15) is 10.1 Å². The van der Waals surface area contributed by atoms with Crippen LogP contribution >= 0.6 is 0 Å². The molecular formula is C18H25N7O4. The van der Waals surface area contributed by atoms with E-state index in [4.69, 9.17) is 15.2 Å². The highest BCUT2D eigenvalue weighted by Gasteiger charge is 2.24. The van der Waals surface area contributed by atoms with Gasteiger partial charge in [-0.1, -0.05) is 12.1 Å². The summed E-state index contributed by atoms with van der Waals surface area (Å²) in [5.74, 6) is 0.548. The Balaban J connectivity index is 1.71. The van der Waals surface area contributed by atoms with Crippen molar-refractivity contribution in [3.05, 3.63) is 34.4 Å². The van der Waals surface area contributed by atoms with Crippen molar-refractivity contribution >= 4 is 29.0 Å². The van der Waals surface area contributed by atoms with Gasteiger partial charge in [0.05, 0.1) is 30.9 Å². The van der Waals surface area contributed by atoms with Crippen LogP contribution in [0, 0.1) is 10.1 Å². The Kier molecular flexibility index (Phi) is 6.98. The summed E-state index contributed by atoms with van der Waals surface area (Å²) in [5, 5.41) is 17.5. The number of rotatable bonds is 9. The van der Waals surface area contributed by atoms with Gasteiger partial charge in [-0.25, -0.2) is 0 Å². The monoisotopic (exact) mass is 403 g/mol. The molecule has 1 saturated heterocycles. The van der Waals surface area contributed by atoms with Crippen LogP contribution in [0.15, 0.2) is 24.3 Å². The number of anilines is 4. The third kappa shape index (κ3) is 5.42.